The van der Waals surface area contributed by atoms with Crippen LogP contribution in [-0.4, -0.2) is 18.1 Å². The first-order valence-corrected chi connectivity index (χ1v) is 3.71. The molecule has 0 saturated carbocycles. The summed E-state index contributed by atoms with van der Waals surface area (Å²) in [6.45, 7) is 0. The molecule has 1 aromatic rings. The highest BCUT2D eigenvalue weighted by molar-refractivity contribution is 6.33. The van der Waals surface area contributed by atoms with E-state index in [4.69, 9.17) is 16.9 Å². The Morgan fingerprint density at radius 3 is 3.00 bits per heavy atom. The van der Waals surface area contributed by atoms with Gasteiger partial charge in [-0.2, -0.15) is 5.26 Å². The molecule has 5 heteroatoms. The second-order valence-corrected chi connectivity index (χ2v) is 2.53. The molecule has 0 spiro atoms. The lowest BCUT2D eigenvalue weighted by Gasteiger charge is -2.01. The number of pyridine rings is 1. The Bertz CT molecular complexity index is 384. The Morgan fingerprint density at radius 2 is 2.46 bits per heavy atom. The van der Waals surface area contributed by atoms with Crippen molar-refractivity contribution in [2.24, 2.45) is 0 Å². The molecule has 0 radical (unpaired) electrons. The number of halogens is 1. The van der Waals surface area contributed by atoms with Crippen LogP contribution in [-0.2, 0) is 4.74 Å². The predicted octanol–water partition coefficient (Wildman–Crippen LogP) is 1.39. The van der Waals surface area contributed by atoms with Crippen LogP contribution in [0.15, 0.2) is 12.3 Å². The number of rotatable bonds is 1. The van der Waals surface area contributed by atoms with Crippen LogP contribution in [0.3, 0.4) is 0 Å². The van der Waals surface area contributed by atoms with Crippen molar-refractivity contribution in [3.63, 3.8) is 0 Å². The third-order valence-corrected chi connectivity index (χ3v) is 1.71. The summed E-state index contributed by atoms with van der Waals surface area (Å²) in [5.74, 6) is -0.658. The lowest BCUT2D eigenvalue weighted by molar-refractivity contribution is 0.0600. The molecule has 1 heterocycles. The first-order valence-electron chi connectivity index (χ1n) is 3.33. The van der Waals surface area contributed by atoms with Gasteiger partial charge in [0.25, 0.3) is 0 Å². The number of hydrogen-bond acceptors (Lipinski definition) is 4. The van der Waals surface area contributed by atoms with Gasteiger partial charge in [0.1, 0.15) is 11.6 Å². The Kier molecular flexibility index (Phi) is 2.83. The van der Waals surface area contributed by atoms with Crippen LogP contribution in [0.4, 0.5) is 0 Å². The third-order valence-electron chi connectivity index (χ3n) is 1.40. The number of carbonyl (C=O) groups excluding carboxylic acids is 1. The third kappa shape index (κ3) is 1.76. The number of carbonyl (C=O) groups is 1. The van der Waals surface area contributed by atoms with E-state index in [9.17, 15) is 4.79 Å². The standard InChI is InChI=1S/C8H5ClN2O2/c1-13-8(12)7-5(9)2-3-11-6(7)4-10/h2-3H,1H3. The van der Waals surface area contributed by atoms with Gasteiger partial charge < -0.3 is 4.74 Å². The van der Waals surface area contributed by atoms with Crippen LogP contribution >= 0.6 is 11.6 Å². The number of ether oxygens (including phenoxy) is 1. The number of hydrogen-bond donors (Lipinski definition) is 0. The second kappa shape index (κ2) is 3.87. The zero-order valence-electron chi connectivity index (χ0n) is 6.74. The minimum absolute atomic E-state index is 0.00849. The van der Waals surface area contributed by atoms with Crippen LogP contribution < -0.4 is 0 Å². The fourth-order valence-electron chi connectivity index (χ4n) is 0.819. The first-order chi connectivity index (χ1) is 6.20. The second-order valence-electron chi connectivity index (χ2n) is 2.12. The number of nitrogens with zero attached hydrogens (tertiary/aromatic N) is 2. The summed E-state index contributed by atoms with van der Waals surface area (Å²) in [5, 5.41) is 8.77. The van der Waals surface area contributed by atoms with Crippen molar-refractivity contribution in [2.45, 2.75) is 0 Å². The highest BCUT2D eigenvalue weighted by Gasteiger charge is 2.16. The molecule has 0 amide bonds. The van der Waals surface area contributed by atoms with Crippen LogP contribution in [0.2, 0.25) is 5.02 Å². The Labute approximate surface area is 79.7 Å². The fourth-order valence-corrected chi connectivity index (χ4v) is 1.04. The van der Waals surface area contributed by atoms with E-state index in [0.717, 1.165) is 0 Å². The molecule has 4 nitrogen and oxygen atoms in total. The predicted molar refractivity (Wildman–Crippen MR) is 45.3 cm³/mol. The molecule has 0 bridgehead atoms. The van der Waals surface area contributed by atoms with Crippen LogP contribution in [0.5, 0.6) is 0 Å². The summed E-state index contributed by atoms with van der Waals surface area (Å²) in [7, 11) is 1.22. The number of esters is 1. The van der Waals surface area contributed by atoms with Crippen molar-refractivity contribution in [1.82, 2.24) is 4.98 Å². The van der Waals surface area contributed by atoms with E-state index in [2.05, 4.69) is 9.72 Å². The van der Waals surface area contributed by atoms with E-state index in [-0.39, 0.29) is 16.3 Å². The normalized spacial score (nSPS) is 9.00. The quantitative estimate of drug-likeness (QED) is 0.637. The molecular weight excluding hydrogens is 192 g/mol. The Hall–Kier alpha value is -1.60. The lowest BCUT2D eigenvalue weighted by Crippen LogP contribution is -2.06. The van der Waals surface area contributed by atoms with E-state index in [1.54, 1.807) is 6.07 Å². The van der Waals surface area contributed by atoms with Crippen molar-refractivity contribution in [1.29, 1.82) is 5.26 Å². The van der Waals surface area contributed by atoms with E-state index in [1.807, 2.05) is 0 Å². The molecule has 0 aromatic carbocycles. The number of aromatic nitrogens is 1. The SMILES string of the molecule is COC(=O)c1c(Cl)ccnc1C#N. The van der Waals surface area contributed by atoms with Gasteiger partial charge in [-0.05, 0) is 6.07 Å². The largest absolute Gasteiger partial charge is 0.465 e. The zero-order valence-corrected chi connectivity index (χ0v) is 7.50. The zero-order chi connectivity index (χ0) is 9.84. The van der Waals surface area contributed by atoms with E-state index >= 15 is 0 Å². The van der Waals surface area contributed by atoms with Gasteiger partial charge in [-0.1, -0.05) is 11.6 Å². The van der Waals surface area contributed by atoms with E-state index < -0.39 is 5.97 Å². The van der Waals surface area contributed by atoms with E-state index in [0.29, 0.717) is 0 Å². The molecule has 0 atom stereocenters. The van der Waals surface area contributed by atoms with Crippen molar-refractivity contribution >= 4 is 17.6 Å². The number of nitriles is 1. The number of methoxy groups -OCH3 is 1. The van der Waals surface area contributed by atoms with Crippen molar-refractivity contribution < 1.29 is 9.53 Å². The molecule has 0 fully saturated rings. The maximum atomic E-state index is 11.1. The molecule has 0 aliphatic rings. The molecule has 0 N–H and O–H groups in total. The smallest absolute Gasteiger partial charge is 0.342 e. The van der Waals surface area contributed by atoms with Gasteiger partial charge in [-0.3, -0.25) is 0 Å². The van der Waals surface area contributed by atoms with E-state index in [1.165, 1.54) is 19.4 Å². The van der Waals surface area contributed by atoms with Crippen LogP contribution in [0.25, 0.3) is 0 Å². The molecule has 13 heavy (non-hydrogen) atoms. The summed E-state index contributed by atoms with van der Waals surface area (Å²) < 4.78 is 4.45. The topological polar surface area (TPSA) is 63.0 Å². The molecule has 66 valence electrons. The van der Waals surface area contributed by atoms with Gasteiger partial charge >= 0.3 is 5.97 Å². The van der Waals surface area contributed by atoms with Crippen molar-refractivity contribution in [3.8, 4) is 6.07 Å². The highest BCUT2D eigenvalue weighted by atomic mass is 35.5. The van der Waals surface area contributed by atoms with Gasteiger partial charge in [0, 0.05) is 6.20 Å². The molecule has 1 aromatic heterocycles. The lowest BCUT2D eigenvalue weighted by atomic mass is 10.2. The summed E-state index contributed by atoms with van der Waals surface area (Å²) in [6.07, 6.45) is 1.35. The molecular formula is C8H5ClN2O2. The van der Waals surface area contributed by atoms with Crippen LogP contribution in [0, 0.1) is 11.3 Å². The maximum Gasteiger partial charge on any atom is 0.342 e. The molecule has 0 aliphatic carbocycles. The highest BCUT2D eigenvalue weighted by Crippen LogP contribution is 2.18. The van der Waals surface area contributed by atoms with Gasteiger partial charge in [-0.25, -0.2) is 9.78 Å². The summed E-state index contributed by atoms with van der Waals surface area (Å²) in [5.41, 5.74) is -0.0199. The molecule has 0 unspecified atom stereocenters. The monoisotopic (exact) mass is 196 g/mol. The molecule has 1 rings (SSSR count). The van der Waals surface area contributed by atoms with Gasteiger partial charge in [-0.15, -0.1) is 0 Å². The maximum absolute atomic E-state index is 11.1. The molecule has 0 aliphatic heterocycles. The minimum Gasteiger partial charge on any atom is -0.465 e. The van der Waals surface area contributed by atoms with Crippen molar-refractivity contribution in [2.75, 3.05) is 7.11 Å². The minimum atomic E-state index is -0.658. The summed E-state index contributed by atoms with van der Waals surface area (Å²) in [4.78, 5) is 14.8. The first kappa shape index (κ1) is 9.49. The Morgan fingerprint density at radius 1 is 1.77 bits per heavy atom. The van der Waals surface area contributed by atoms with Crippen LogP contribution in [0.1, 0.15) is 16.1 Å². The average Bonchev–Trinajstić information content (AvgIpc) is 2.16. The van der Waals surface area contributed by atoms with Gasteiger partial charge in [0.2, 0.25) is 0 Å². The van der Waals surface area contributed by atoms with Crippen molar-refractivity contribution in [3.05, 3.63) is 28.5 Å². The summed E-state index contributed by atoms with van der Waals surface area (Å²) >= 11 is 5.69. The molecule has 0 saturated heterocycles. The Balaban J connectivity index is 3.33. The average molecular weight is 197 g/mol. The van der Waals surface area contributed by atoms with Gasteiger partial charge in [0.05, 0.1) is 12.1 Å². The fraction of sp³-hybridized carbons (Fsp3) is 0.125. The summed E-state index contributed by atoms with van der Waals surface area (Å²) in [6, 6.07) is 3.18. The van der Waals surface area contributed by atoms with Gasteiger partial charge in [0.15, 0.2) is 5.69 Å².